The van der Waals surface area contributed by atoms with Crippen molar-refractivity contribution in [1.82, 2.24) is 4.90 Å². The number of benzene rings is 1. The summed E-state index contributed by atoms with van der Waals surface area (Å²) in [5.41, 5.74) is 6.45. The maximum atomic E-state index is 12.2. The molecule has 0 aromatic heterocycles. The molecule has 0 unspecified atom stereocenters. The van der Waals surface area contributed by atoms with Crippen LogP contribution in [0.2, 0.25) is 0 Å². The van der Waals surface area contributed by atoms with Gasteiger partial charge in [0.25, 0.3) is 0 Å². The number of para-hydroxylation sites is 1. The Kier molecular flexibility index (Phi) is 5.65. The minimum absolute atomic E-state index is 0.0833. The van der Waals surface area contributed by atoms with E-state index >= 15 is 0 Å². The quantitative estimate of drug-likeness (QED) is 0.831. The van der Waals surface area contributed by atoms with Crippen LogP contribution < -0.4 is 10.5 Å². The van der Waals surface area contributed by atoms with Gasteiger partial charge in [-0.05, 0) is 19.9 Å². The normalized spacial score (nSPS) is 10.5. The van der Waals surface area contributed by atoms with E-state index in [1.165, 1.54) is 0 Å². The summed E-state index contributed by atoms with van der Waals surface area (Å²) in [4.78, 5) is 14.0. The number of methoxy groups -OCH3 is 1. The van der Waals surface area contributed by atoms with Crippen LogP contribution in [0.1, 0.15) is 19.4 Å². The van der Waals surface area contributed by atoms with E-state index in [4.69, 9.17) is 10.5 Å². The monoisotopic (exact) mass is 250 g/mol. The fraction of sp³-hybridized carbons (Fsp3) is 0.500. The van der Waals surface area contributed by atoms with Gasteiger partial charge in [-0.25, -0.2) is 0 Å². The van der Waals surface area contributed by atoms with Crippen molar-refractivity contribution in [3.05, 3.63) is 29.8 Å². The van der Waals surface area contributed by atoms with E-state index in [2.05, 4.69) is 0 Å². The Morgan fingerprint density at radius 1 is 1.39 bits per heavy atom. The van der Waals surface area contributed by atoms with Crippen LogP contribution >= 0.6 is 0 Å². The van der Waals surface area contributed by atoms with Gasteiger partial charge in [0.1, 0.15) is 5.75 Å². The lowest BCUT2D eigenvalue weighted by atomic mass is 10.1. The molecule has 2 N–H and O–H groups in total. The van der Waals surface area contributed by atoms with Gasteiger partial charge in [0.05, 0.1) is 13.5 Å². The highest BCUT2D eigenvalue weighted by Gasteiger charge is 2.17. The van der Waals surface area contributed by atoms with Crippen molar-refractivity contribution in [3.8, 4) is 5.75 Å². The van der Waals surface area contributed by atoms with E-state index in [-0.39, 0.29) is 11.9 Å². The van der Waals surface area contributed by atoms with Crippen LogP contribution in [-0.2, 0) is 11.2 Å². The molecule has 0 saturated carbocycles. The largest absolute Gasteiger partial charge is 0.496 e. The molecular weight excluding hydrogens is 228 g/mol. The molecule has 1 aromatic carbocycles. The summed E-state index contributed by atoms with van der Waals surface area (Å²) in [5, 5.41) is 0. The number of carbonyl (C=O) groups excluding carboxylic acids is 1. The highest BCUT2D eigenvalue weighted by atomic mass is 16.5. The van der Waals surface area contributed by atoms with Crippen molar-refractivity contribution in [2.24, 2.45) is 5.73 Å². The van der Waals surface area contributed by atoms with E-state index in [1.807, 2.05) is 38.1 Å². The minimum Gasteiger partial charge on any atom is -0.496 e. The molecule has 0 saturated heterocycles. The highest BCUT2D eigenvalue weighted by molar-refractivity contribution is 5.79. The topological polar surface area (TPSA) is 55.6 Å². The van der Waals surface area contributed by atoms with Crippen LogP contribution in [-0.4, -0.2) is 37.0 Å². The van der Waals surface area contributed by atoms with Gasteiger partial charge in [-0.15, -0.1) is 0 Å². The first-order chi connectivity index (χ1) is 8.60. The average molecular weight is 250 g/mol. The molecule has 18 heavy (non-hydrogen) atoms. The van der Waals surface area contributed by atoms with Crippen LogP contribution in [0.25, 0.3) is 0 Å². The number of nitrogens with two attached hydrogens (primary N) is 1. The molecular formula is C14H22N2O2. The smallest absolute Gasteiger partial charge is 0.227 e. The first kappa shape index (κ1) is 14.5. The summed E-state index contributed by atoms with van der Waals surface area (Å²) in [7, 11) is 1.61. The van der Waals surface area contributed by atoms with Crippen LogP contribution in [0, 0.1) is 0 Å². The molecule has 0 heterocycles. The van der Waals surface area contributed by atoms with Gasteiger partial charge in [0, 0.05) is 24.7 Å². The average Bonchev–Trinajstić information content (AvgIpc) is 2.36. The molecule has 1 amide bonds. The minimum atomic E-state index is 0.0833. The Bertz CT molecular complexity index is 391. The third-order valence-corrected chi connectivity index (χ3v) is 2.85. The van der Waals surface area contributed by atoms with Gasteiger partial charge >= 0.3 is 0 Å². The van der Waals surface area contributed by atoms with Gasteiger partial charge in [0.15, 0.2) is 0 Å². The Balaban J connectivity index is 2.79. The van der Waals surface area contributed by atoms with Crippen molar-refractivity contribution in [1.29, 1.82) is 0 Å². The number of carbonyl (C=O) groups is 1. The molecule has 0 aliphatic heterocycles. The maximum absolute atomic E-state index is 12.2. The summed E-state index contributed by atoms with van der Waals surface area (Å²) in [6.45, 7) is 5.06. The second kappa shape index (κ2) is 7.01. The molecule has 0 fully saturated rings. The predicted octanol–water partition coefficient (Wildman–Crippen LogP) is 1.43. The van der Waals surface area contributed by atoms with Gasteiger partial charge in [-0.2, -0.15) is 0 Å². The molecule has 4 nitrogen and oxygen atoms in total. The second-order valence-corrected chi connectivity index (χ2v) is 4.46. The van der Waals surface area contributed by atoms with Crippen LogP contribution in [0.3, 0.4) is 0 Å². The fourth-order valence-corrected chi connectivity index (χ4v) is 1.92. The van der Waals surface area contributed by atoms with E-state index in [1.54, 1.807) is 12.0 Å². The van der Waals surface area contributed by atoms with Gasteiger partial charge in [0.2, 0.25) is 5.91 Å². The van der Waals surface area contributed by atoms with Crippen molar-refractivity contribution < 1.29 is 9.53 Å². The Morgan fingerprint density at radius 3 is 2.61 bits per heavy atom. The standard InChI is InChI=1S/C14H22N2O2/c1-11(2)16(9-8-15)14(17)10-12-6-4-5-7-13(12)18-3/h4-7,11H,8-10,15H2,1-3H3. The van der Waals surface area contributed by atoms with Crippen LogP contribution in [0.15, 0.2) is 24.3 Å². The molecule has 0 atom stereocenters. The zero-order valence-corrected chi connectivity index (χ0v) is 11.3. The molecule has 0 spiro atoms. The first-order valence-corrected chi connectivity index (χ1v) is 6.21. The second-order valence-electron chi connectivity index (χ2n) is 4.46. The number of hydrogen-bond donors (Lipinski definition) is 1. The first-order valence-electron chi connectivity index (χ1n) is 6.21. The Morgan fingerprint density at radius 2 is 2.06 bits per heavy atom. The highest BCUT2D eigenvalue weighted by Crippen LogP contribution is 2.18. The molecule has 1 aromatic rings. The number of ether oxygens (including phenoxy) is 1. The SMILES string of the molecule is COc1ccccc1CC(=O)N(CCN)C(C)C. The Labute approximate surface area is 109 Å². The van der Waals surface area contributed by atoms with E-state index in [9.17, 15) is 4.79 Å². The number of hydrogen-bond acceptors (Lipinski definition) is 3. The van der Waals surface area contributed by atoms with Crippen molar-refractivity contribution >= 4 is 5.91 Å². The summed E-state index contributed by atoms with van der Waals surface area (Å²) in [5.74, 6) is 0.835. The molecule has 0 bridgehead atoms. The molecule has 0 radical (unpaired) electrons. The third-order valence-electron chi connectivity index (χ3n) is 2.85. The lowest BCUT2D eigenvalue weighted by Gasteiger charge is -2.26. The molecule has 1 rings (SSSR count). The van der Waals surface area contributed by atoms with Crippen LogP contribution in [0.5, 0.6) is 5.75 Å². The molecule has 100 valence electrons. The summed E-state index contributed by atoms with van der Waals surface area (Å²) in [6.07, 6.45) is 0.349. The van der Waals surface area contributed by atoms with Gasteiger partial charge < -0.3 is 15.4 Å². The molecule has 0 aliphatic carbocycles. The van der Waals surface area contributed by atoms with E-state index in [0.717, 1.165) is 11.3 Å². The summed E-state index contributed by atoms with van der Waals surface area (Å²) in [6, 6.07) is 7.75. The number of amides is 1. The number of rotatable bonds is 6. The zero-order chi connectivity index (χ0) is 13.5. The third kappa shape index (κ3) is 3.74. The van der Waals surface area contributed by atoms with E-state index < -0.39 is 0 Å². The molecule has 4 heteroatoms. The zero-order valence-electron chi connectivity index (χ0n) is 11.3. The van der Waals surface area contributed by atoms with Crippen molar-refractivity contribution in [3.63, 3.8) is 0 Å². The fourth-order valence-electron chi connectivity index (χ4n) is 1.92. The summed E-state index contributed by atoms with van der Waals surface area (Å²) < 4.78 is 5.25. The van der Waals surface area contributed by atoms with Gasteiger partial charge in [-0.1, -0.05) is 18.2 Å². The predicted molar refractivity (Wildman–Crippen MR) is 72.6 cm³/mol. The van der Waals surface area contributed by atoms with Crippen molar-refractivity contribution in [2.75, 3.05) is 20.2 Å². The van der Waals surface area contributed by atoms with Crippen molar-refractivity contribution in [2.45, 2.75) is 26.3 Å². The van der Waals surface area contributed by atoms with Gasteiger partial charge in [-0.3, -0.25) is 4.79 Å². The van der Waals surface area contributed by atoms with E-state index in [0.29, 0.717) is 19.5 Å². The lowest BCUT2D eigenvalue weighted by molar-refractivity contribution is -0.132. The summed E-state index contributed by atoms with van der Waals surface area (Å²) >= 11 is 0. The molecule has 0 aliphatic rings. The Hall–Kier alpha value is -1.55. The number of nitrogens with zero attached hydrogens (tertiary/aromatic N) is 1. The van der Waals surface area contributed by atoms with Crippen LogP contribution in [0.4, 0.5) is 0 Å². The maximum Gasteiger partial charge on any atom is 0.227 e. The lowest BCUT2D eigenvalue weighted by Crippen LogP contribution is -2.41.